The maximum absolute atomic E-state index is 4.14. The van der Waals surface area contributed by atoms with Crippen molar-refractivity contribution in [3.63, 3.8) is 0 Å². The second-order valence-corrected chi connectivity index (χ2v) is 4.88. The van der Waals surface area contributed by atoms with Gasteiger partial charge in [0, 0.05) is 27.7 Å². The number of H-pyrrole nitrogens is 1. The van der Waals surface area contributed by atoms with Gasteiger partial charge in [-0.15, -0.1) is 10.2 Å². The van der Waals surface area contributed by atoms with E-state index in [2.05, 4.69) is 44.3 Å². The summed E-state index contributed by atoms with van der Waals surface area (Å²) >= 11 is 0. The summed E-state index contributed by atoms with van der Waals surface area (Å²) in [5.74, 6) is 1.60. The molecule has 102 valence electrons. The molecule has 19 heavy (non-hydrogen) atoms. The molecule has 0 spiro atoms. The Morgan fingerprint density at radius 1 is 1.00 bits per heavy atom. The number of aromatic nitrogens is 3. The van der Waals surface area contributed by atoms with Crippen LogP contribution in [-0.4, -0.2) is 42.9 Å². The first kappa shape index (κ1) is 13.4. The molecule has 5 heteroatoms. The Kier molecular flexibility index (Phi) is 4.39. The number of hydrogen-bond donors (Lipinski definition) is 1. The van der Waals surface area contributed by atoms with Gasteiger partial charge in [-0.2, -0.15) is 0 Å². The summed E-state index contributed by atoms with van der Waals surface area (Å²) < 4.78 is 0. The van der Waals surface area contributed by atoms with Crippen molar-refractivity contribution in [3.05, 3.63) is 35.9 Å². The maximum atomic E-state index is 4.14. The Bertz CT molecular complexity index is 492. The lowest BCUT2D eigenvalue weighted by molar-refractivity contribution is 0.768. The van der Waals surface area contributed by atoms with Crippen molar-refractivity contribution in [1.82, 2.24) is 15.2 Å². The van der Waals surface area contributed by atoms with Gasteiger partial charge in [0.2, 0.25) is 11.9 Å². The highest BCUT2D eigenvalue weighted by Crippen LogP contribution is 2.11. The lowest BCUT2D eigenvalue weighted by Gasteiger charge is -2.15. The van der Waals surface area contributed by atoms with E-state index in [0.717, 1.165) is 31.3 Å². The van der Waals surface area contributed by atoms with E-state index in [1.165, 1.54) is 5.56 Å². The molecule has 2 aromatic rings. The second kappa shape index (κ2) is 6.22. The predicted molar refractivity (Wildman–Crippen MR) is 78.7 cm³/mol. The first-order valence-corrected chi connectivity index (χ1v) is 6.52. The summed E-state index contributed by atoms with van der Waals surface area (Å²) in [6.07, 6.45) is 2.18. The monoisotopic (exact) mass is 259 g/mol. The molecule has 1 heterocycles. The number of aryl methyl sites for hydroxylation is 1. The minimum absolute atomic E-state index is 0.782. The van der Waals surface area contributed by atoms with Crippen LogP contribution in [0.2, 0.25) is 0 Å². The summed E-state index contributed by atoms with van der Waals surface area (Å²) in [6, 6.07) is 10.5. The summed E-state index contributed by atoms with van der Waals surface area (Å²) in [5, 5.41) is 8.22. The molecule has 0 aliphatic carbocycles. The van der Waals surface area contributed by atoms with Crippen molar-refractivity contribution in [3.8, 4) is 0 Å². The van der Waals surface area contributed by atoms with Gasteiger partial charge in [-0.3, -0.25) is 4.98 Å². The molecule has 0 saturated heterocycles. The average molecular weight is 259 g/mol. The van der Waals surface area contributed by atoms with Crippen LogP contribution in [0.25, 0.3) is 0 Å². The highest BCUT2D eigenvalue weighted by molar-refractivity contribution is 5.36. The Labute approximate surface area is 114 Å². The van der Waals surface area contributed by atoms with Crippen molar-refractivity contribution in [1.29, 1.82) is 0 Å². The van der Waals surface area contributed by atoms with Gasteiger partial charge < -0.3 is 9.80 Å². The van der Waals surface area contributed by atoms with Gasteiger partial charge >= 0.3 is 0 Å². The highest BCUT2D eigenvalue weighted by Gasteiger charge is 2.08. The van der Waals surface area contributed by atoms with Gasteiger partial charge in [0.1, 0.15) is 0 Å². The Hall–Kier alpha value is -2.04. The molecule has 0 aliphatic heterocycles. The van der Waals surface area contributed by atoms with Crippen molar-refractivity contribution >= 4 is 11.9 Å². The molecule has 0 fully saturated rings. The van der Waals surface area contributed by atoms with Gasteiger partial charge in [0.15, 0.2) is 0 Å². The predicted octanol–water partition coefficient (Wildman–Crippen LogP) is 1.94. The third-order valence-electron chi connectivity index (χ3n) is 3.05. The number of rotatable bonds is 6. The normalized spacial score (nSPS) is 10.5. The standard InChI is InChI=1S/C14H21N5/c1-18(2)13-15-14(17-16-13)19(3)11-7-10-12-8-5-4-6-9-12/h4-6,8-9H,7,10-11H2,1-3H3,(H,15,16,17). The first-order chi connectivity index (χ1) is 9.16. The fraction of sp³-hybridized carbons (Fsp3) is 0.429. The Morgan fingerprint density at radius 3 is 2.32 bits per heavy atom. The molecule has 0 aliphatic rings. The summed E-state index contributed by atoms with van der Waals surface area (Å²) in [4.78, 5) is 7.20. The molecule has 5 nitrogen and oxygen atoms in total. The van der Waals surface area contributed by atoms with Crippen LogP contribution >= 0.6 is 0 Å². The van der Waals surface area contributed by atoms with Crippen molar-refractivity contribution < 1.29 is 0 Å². The molecule has 0 atom stereocenters. The summed E-state index contributed by atoms with van der Waals surface area (Å²) in [5.41, 5.74) is 1.38. The average Bonchev–Trinajstić information content (AvgIpc) is 2.89. The number of nitrogens with one attached hydrogen (secondary N) is 1. The summed E-state index contributed by atoms with van der Waals surface area (Å²) in [7, 11) is 5.92. The molecule has 2 rings (SSSR count). The van der Waals surface area contributed by atoms with E-state index in [9.17, 15) is 0 Å². The topological polar surface area (TPSA) is 48.1 Å². The Morgan fingerprint density at radius 2 is 1.68 bits per heavy atom. The minimum atomic E-state index is 0.782. The van der Waals surface area contributed by atoms with E-state index in [4.69, 9.17) is 0 Å². The summed E-state index contributed by atoms with van der Waals surface area (Å²) in [6.45, 7) is 0.955. The first-order valence-electron chi connectivity index (χ1n) is 6.52. The number of benzene rings is 1. The quantitative estimate of drug-likeness (QED) is 0.861. The van der Waals surface area contributed by atoms with Crippen LogP contribution in [-0.2, 0) is 6.42 Å². The van der Waals surface area contributed by atoms with E-state index < -0.39 is 0 Å². The fourth-order valence-corrected chi connectivity index (χ4v) is 1.89. The Balaban J connectivity index is 1.82. The second-order valence-electron chi connectivity index (χ2n) is 4.88. The molecular formula is C14H21N5. The maximum Gasteiger partial charge on any atom is 0.225 e. The van der Waals surface area contributed by atoms with Crippen LogP contribution in [0.15, 0.2) is 30.3 Å². The lowest BCUT2D eigenvalue weighted by Crippen LogP contribution is -2.20. The van der Waals surface area contributed by atoms with E-state index in [0.29, 0.717) is 0 Å². The van der Waals surface area contributed by atoms with E-state index in [1.54, 1.807) is 0 Å². The van der Waals surface area contributed by atoms with Gasteiger partial charge in [-0.25, -0.2) is 0 Å². The van der Waals surface area contributed by atoms with Crippen molar-refractivity contribution in [2.24, 2.45) is 0 Å². The third kappa shape index (κ3) is 3.71. The fourth-order valence-electron chi connectivity index (χ4n) is 1.89. The SMILES string of the molecule is CN(C)c1nnc(N(C)CCCc2ccccc2)[nH]1. The zero-order valence-electron chi connectivity index (χ0n) is 11.8. The zero-order chi connectivity index (χ0) is 13.7. The number of nitrogens with zero attached hydrogens (tertiary/aromatic N) is 4. The van der Waals surface area contributed by atoms with Gasteiger partial charge in [-0.1, -0.05) is 30.3 Å². The molecule has 0 unspecified atom stereocenters. The van der Waals surface area contributed by atoms with Crippen LogP contribution in [0, 0.1) is 0 Å². The molecule has 1 N–H and O–H groups in total. The smallest absolute Gasteiger partial charge is 0.225 e. The lowest BCUT2D eigenvalue weighted by atomic mass is 10.1. The van der Waals surface area contributed by atoms with Crippen LogP contribution < -0.4 is 9.80 Å². The van der Waals surface area contributed by atoms with Crippen LogP contribution in [0.1, 0.15) is 12.0 Å². The largest absolute Gasteiger partial charge is 0.347 e. The molecule has 0 saturated carbocycles. The van der Waals surface area contributed by atoms with Crippen LogP contribution in [0.5, 0.6) is 0 Å². The molecule has 1 aromatic carbocycles. The minimum Gasteiger partial charge on any atom is -0.347 e. The molecule has 0 bridgehead atoms. The van der Waals surface area contributed by atoms with E-state index in [1.807, 2.05) is 32.1 Å². The molecule has 0 radical (unpaired) electrons. The van der Waals surface area contributed by atoms with E-state index in [-0.39, 0.29) is 0 Å². The van der Waals surface area contributed by atoms with Gasteiger partial charge in [0.05, 0.1) is 0 Å². The van der Waals surface area contributed by atoms with Crippen LogP contribution in [0.3, 0.4) is 0 Å². The molecule has 0 amide bonds. The number of aromatic amines is 1. The van der Waals surface area contributed by atoms with Gasteiger partial charge in [0.25, 0.3) is 0 Å². The number of anilines is 2. The number of hydrogen-bond acceptors (Lipinski definition) is 4. The zero-order valence-corrected chi connectivity index (χ0v) is 11.8. The third-order valence-corrected chi connectivity index (χ3v) is 3.05. The van der Waals surface area contributed by atoms with E-state index >= 15 is 0 Å². The van der Waals surface area contributed by atoms with Gasteiger partial charge in [-0.05, 0) is 18.4 Å². The molecule has 1 aromatic heterocycles. The highest BCUT2D eigenvalue weighted by atomic mass is 15.4. The van der Waals surface area contributed by atoms with Crippen molar-refractivity contribution in [2.45, 2.75) is 12.8 Å². The van der Waals surface area contributed by atoms with Crippen molar-refractivity contribution in [2.75, 3.05) is 37.5 Å². The molecular weight excluding hydrogens is 238 g/mol. The van der Waals surface area contributed by atoms with Crippen LogP contribution in [0.4, 0.5) is 11.9 Å².